The second kappa shape index (κ2) is 4.23. The maximum atomic E-state index is 9.11. The van der Waals surface area contributed by atoms with Gasteiger partial charge in [0.25, 0.3) is 0 Å². The monoisotopic (exact) mass is 229 g/mol. The number of hydrogen-bond donors (Lipinski definition) is 0. The summed E-state index contributed by atoms with van der Waals surface area (Å²) in [6, 6.07) is 9.74. The number of para-hydroxylation sites is 1. The fourth-order valence-electron chi connectivity index (χ4n) is 1.62. The van der Waals surface area contributed by atoms with Crippen LogP contribution in [0.1, 0.15) is 26.3 Å². The van der Waals surface area contributed by atoms with Gasteiger partial charge in [-0.25, -0.2) is 0 Å². The van der Waals surface area contributed by atoms with Crippen molar-refractivity contribution in [2.24, 2.45) is 0 Å². The van der Waals surface area contributed by atoms with E-state index in [1.54, 1.807) is 0 Å². The molecule has 1 aliphatic rings. The van der Waals surface area contributed by atoms with Crippen LogP contribution < -0.4 is 4.74 Å². The van der Waals surface area contributed by atoms with E-state index < -0.39 is 6.29 Å². The summed E-state index contributed by atoms with van der Waals surface area (Å²) in [7, 11) is 0. The highest BCUT2D eigenvalue weighted by Gasteiger charge is 2.27. The minimum absolute atomic E-state index is 0.354. The molecular formula is C14H15NO2. The first-order valence-corrected chi connectivity index (χ1v) is 5.55. The van der Waals surface area contributed by atoms with E-state index in [4.69, 9.17) is 14.7 Å². The first kappa shape index (κ1) is 11.7. The van der Waals surface area contributed by atoms with E-state index in [1.165, 1.54) is 0 Å². The fourth-order valence-corrected chi connectivity index (χ4v) is 1.62. The van der Waals surface area contributed by atoms with Crippen molar-refractivity contribution < 1.29 is 9.47 Å². The van der Waals surface area contributed by atoms with Crippen molar-refractivity contribution in [1.82, 2.24) is 0 Å². The van der Waals surface area contributed by atoms with Crippen LogP contribution in [-0.4, -0.2) is 11.9 Å². The molecule has 0 N–H and O–H groups in total. The van der Waals surface area contributed by atoms with Crippen LogP contribution >= 0.6 is 0 Å². The molecule has 0 saturated heterocycles. The lowest BCUT2D eigenvalue weighted by Crippen LogP contribution is -2.34. The third-order valence-corrected chi connectivity index (χ3v) is 2.31. The average Bonchev–Trinajstić information content (AvgIpc) is 2.26. The van der Waals surface area contributed by atoms with Gasteiger partial charge in [0.1, 0.15) is 11.8 Å². The number of fused-ring (bicyclic) bond motifs is 1. The second-order valence-electron chi connectivity index (χ2n) is 4.93. The van der Waals surface area contributed by atoms with Crippen molar-refractivity contribution in [3.05, 3.63) is 35.4 Å². The molecule has 3 heteroatoms. The molecule has 0 radical (unpaired) electrons. The molecule has 3 nitrogen and oxygen atoms in total. The van der Waals surface area contributed by atoms with Crippen molar-refractivity contribution in [2.45, 2.75) is 32.7 Å². The molecule has 2 rings (SSSR count). The molecule has 1 aromatic carbocycles. The maximum Gasteiger partial charge on any atom is 0.237 e. The molecule has 0 aliphatic carbocycles. The minimum atomic E-state index is -0.616. The zero-order chi connectivity index (χ0) is 12.5. The lowest BCUT2D eigenvalue weighted by Gasteiger charge is -2.30. The molecule has 88 valence electrons. The lowest BCUT2D eigenvalue weighted by atomic mass is 10.1. The van der Waals surface area contributed by atoms with Crippen molar-refractivity contribution in [3.63, 3.8) is 0 Å². The summed E-state index contributed by atoms with van der Waals surface area (Å²) in [5.41, 5.74) is 1.06. The number of ether oxygens (including phenoxy) is 2. The average molecular weight is 229 g/mol. The largest absolute Gasteiger partial charge is 0.459 e. The van der Waals surface area contributed by atoms with Gasteiger partial charge in [0.05, 0.1) is 11.2 Å². The molecule has 1 aliphatic heterocycles. The molecule has 0 amide bonds. The van der Waals surface area contributed by atoms with E-state index in [1.807, 2.05) is 51.1 Å². The van der Waals surface area contributed by atoms with Crippen LogP contribution in [0.2, 0.25) is 0 Å². The summed E-state index contributed by atoms with van der Waals surface area (Å²) in [5.74, 6) is 0.751. The van der Waals surface area contributed by atoms with Crippen LogP contribution in [0.3, 0.4) is 0 Å². The van der Waals surface area contributed by atoms with E-state index in [0.29, 0.717) is 5.57 Å². The summed E-state index contributed by atoms with van der Waals surface area (Å²) >= 11 is 0. The van der Waals surface area contributed by atoms with Gasteiger partial charge in [-0.3, -0.25) is 0 Å². The van der Waals surface area contributed by atoms with Crippen LogP contribution in [0.25, 0.3) is 6.08 Å². The fraction of sp³-hybridized carbons (Fsp3) is 0.357. The van der Waals surface area contributed by atoms with E-state index in [-0.39, 0.29) is 5.60 Å². The van der Waals surface area contributed by atoms with Crippen molar-refractivity contribution in [1.29, 1.82) is 5.26 Å². The molecule has 0 bridgehead atoms. The van der Waals surface area contributed by atoms with Gasteiger partial charge in [-0.15, -0.1) is 0 Å². The Kier molecular flexibility index (Phi) is 2.91. The number of nitriles is 1. The molecule has 0 aromatic heterocycles. The highest BCUT2D eigenvalue weighted by Crippen LogP contribution is 2.31. The van der Waals surface area contributed by atoms with Gasteiger partial charge in [0.15, 0.2) is 0 Å². The van der Waals surface area contributed by atoms with Crippen LogP contribution in [0.4, 0.5) is 0 Å². The van der Waals surface area contributed by atoms with Crippen molar-refractivity contribution >= 4 is 6.08 Å². The third-order valence-electron chi connectivity index (χ3n) is 2.31. The molecule has 0 fully saturated rings. The van der Waals surface area contributed by atoms with E-state index >= 15 is 0 Å². The topological polar surface area (TPSA) is 42.2 Å². The lowest BCUT2D eigenvalue weighted by molar-refractivity contribution is -0.128. The van der Waals surface area contributed by atoms with Gasteiger partial charge in [-0.05, 0) is 32.9 Å². The Morgan fingerprint density at radius 2 is 2.00 bits per heavy atom. The molecule has 0 saturated carbocycles. The number of nitrogens with zero attached hydrogens (tertiary/aromatic N) is 1. The molecule has 1 atom stereocenters. The predicted molar refractivity (Wildman–Crippen MR) is 65.3 cm³/mol. The summed E-state index contributed by atoms with van der Waals surface area (Å²) < 4.78 is 11.4. The summed E-state index contributed by atoms with van der Waals surface area (Å²) in [6.07, 6.45) is 1.20. The second-order valence-corrected chi connectivity index (χ2v) is 4.93. The SMILES string of the molecule is CC(C)(C)OC1Oc2ccccc2C=C1C#N. The van der Waals surface area contributed by atoms with Gasteiger partial charge < -0.3 is 9.47 Å². The highest BCUT2D eigenvalue weighted by molar-refractivity contribution is 5.65. The summed E-state index contributed by atoms with van der Waals surface area (Å²) in [6.45, 7) is 5.81. The first-order valence-electron chi connectivity index (χ1n) is 5.55. The smallest absolute Gasteiger partial charge is 0.237 e. The van der Waals surface area contributed by atoms with Crippen LogP contribution in [0, 0.1) is 11.3 Å². The molecule has 1 heterocycles. The van der Waals surface area contributed by atoms with Crippen LogP contribution in [0.5, 0.6) is 5.75 Å². The number of hydrogen-bond acceptors (Lipinski definition) is 3. The predicted octanol–water partition coefficient (Wildman–Crippen LogP) is 3.13. The summed E-state index contributed by atoms with van der Waals surface area (Å²) in [4.78, 5) is 0. The molecular weight excluding hydrogens is 214 g/mol. The number of benzene rings is 1. The Balaban J connectivity index is 2.32. The molecule has 17 heavy (non-hydrogen) atoms. The molecule has 1 aromatic rings. The van der Waals surface area contributed by atoms with Crippen molar-refractivity contribution in [3.8, 4) is 11.8 Å². The number of rotatable bonds is 1. The Hall–Kier alpha value is -1.79. The Labute approximate surface area is 101 Å². The zero-order valence-corrected chi connectivity index (χ0v) is 10.2. The molecule has 0 spiro atoms. The van der Waals surface area contributed by atoms with Gasteiger partial charge >= 0.3 is 0 Å². The van der Waals surface area contributed by atoms with E-state index in [9.17, 15) is 0 Å². The third kappa shape index (κ3) is 2.66. The molecule has 1 unspecified atom stereocenters. The summed E-state index contributed by atoms with van der Waals surface area (Å²) in [5, 5.41) is 9.11. The van der Waals surface area contributed by atoms with Gasteiger partial charge in [-0.2, -0.15) is 5.26 Å². The quantitative estimate of drug-likeness (QED) is 0.743. The van der Waals surface area contributed by atoms with Gasteiger partial charge in [0, 0.05) is 5.56 Å². The Morgan fingerprint density at radius 1 is 1.29 bits per heavy atom. The Bertz CT molecular complexity index is 492. The van der Waals surface area contributed by atoms with Crippen molar-refractivity contribution in [2.75, 3.05) is 0 Å². The van der Waals surface area contributed by atoms with Crippen LogP contribution in [0.15, 0.2) is 29.8 Å². The first-order chi connectivity index (χ1) is 7.99. The van der Waals surface area contributed by atoms with Gasteiger partial charge in [-0.1, -0.05) is 18.2 Å². The van der Waals surface area contributed by atoms with Gasteiger partial charge in [0.2, 0.25) is 6.29 Å². The highest BCUT2D eigenvalue weighted by atomic mass is 16.7. The van der Waals surface area contributed by atoms with E-state index in [0.717, 1.165) is 11.3 Å². The standard InChI is InChI=1S/C14H15NO2/c1-14(2,3)17-13-11(9-15)8-10-6-4-5-7-12(10)16-13/h4-8,13H,1-3H3. The minimum Gasteiger partial charge on any atom is -0.459 e. The zero-order valence-electron chi connectivity index (χ0n) is 10.2. The maximum absolute atomic E-state index is 9.11. The Morgan fingerprint density at radius 3 is 2.65 bits per heavy atom. The normalized spacial score (nSPS) is 18.7. The van der Waals surface area contributed by atoms with E-state index in [2.05, 4.69) is 6.07 Å². The van der Waals surface area contributed by atoms with Crippen LogP contribution in [-0.2, 0) is 4.74 Å².